The number of amides is 1. The molecule has 134 valence electrons. The van der Waals surface area contributed by atoms with Crippen molar-refractivity contribution >= 4 is 44.2 Å². The van der Waals surface area contributed by atoms with Crippen LogP contribution < -0.4 is 10.6 Å². The Labute approximate surface area is 159 Å². The molecule has 1 amide bonds. The van der Waals surface area contributed by atoms with Gasteiger partial charge in [-0.1, -0.05) is 36.5 Å². The maximum Gasteiger partial charge on any atom is 0.257 e. The van der Waals surface area contributed by atoms with Gasteiger partial charge in [0, 0.05) is 23.5 Å². The zero-order chi connectivity index (χ0) is 18.6. The predicted octanol–water partition coefficient (Wildman–Crippen LogP) is 4.04. The number of aryl methyl sites for hydroxylation is 1. The summed E-state index contributed by atoms with van der Waals surface area (Å²) in [6.07, 6.45) is 4.03. The molecular formula is C19H16N6OS. The standard InChI is InChI=1S/C19H16N6OS/c1-2-13-10-15(22-11-21-13)24-17-16-14(8-9-20-17)23-19(27-16)25-18(26)12-6-4-3-5-7-12/h3-11H,2H2,1H3,(H,23,25,26)(H,20,21,22,24). The molecule has 27 heavy (non-hydrogen) atoms. The van der Waals surface area contributed by atoms with Crippen molar-refractivity contribution in [2.24, 2.45) is 0 Å². The zero-order valence-corrected chi connectivity index (χ0v) is 15.3. The summed E-state index contributed by atoms with van der Waals surface area (Å²) in [6, 6.07) is 12.7. The van der Waals surface area contributed by atoms with Crippen LogP contribution in [0.15, 0.2) is 55.0 Å². The van der Waals surface area contributed by atoms with Crippen molar-refractivity contribution in [3.8, 4) is 0 Å². The van der Waals surface area contributed by atoms with Crippen LogP contribution in [0.3, 0.4) is 0 Å². The van der Waals surface area contributed by atoms with Gasteiger partial charge in [-0.3, -0.25) is 10.1 Å². The molecule has 0 bridgehead atoms. The van der Waals surface area contributed by atoms with Crippen molar-refractivity contribution in [3.63, 3.8) is 0 Å². The van der Waals surface area contributed by atoms with Crippen LogP contribution in [0.25, 0.3) is 10.2 Å². The minimum absolute atomic E-state index is 0.194. The maximum atomic E-state index is 12.3. The molecule has 0 radical (unpaired) electrons. The molecule has 7 nitrogen and oxygen atoms in total. The lowest BCUT2D eigenvalue weighted by Gasteiger charge is -2.05. The average Bonchev–Trinajstić information content (AvgIpc) is 3.12. The minimum atomic E-state index is -0.194. The van der Waals surface area contributed by atoms with Gasteiger partial charge in [-0.2, -0.15) is 0 Å². The zero-order valence-electron chi connectivity index (χ0n) is 14.5. The highest BCUT2D eigenvalue weighted by Gasteiger charge is 2.13. The minimum Gasteiger partial charge on any atom is -0.324 e. The van der Waals surface area contributed by atoms with Crippen LogP contribution in [0.4, 0.5) is 16.8 Å². The lowest BCUT2D eigenvalue weighted by atomic mass is 10.2. The van der Waals surface area contributed by atoms with Gasteiger partial charge in [0.05, 0.1) is 10.2 Å². The molecule has 2 N–H and O–H groups in total. The summed E-state index contributed by atoms with van der Waals surface area (Å²) in [5, 5.41) is 6.58. The highest BCUT2D eigenvalue weighted by molar-refractivity contribution is 7.23. The van der Waals surface area contributed by atoms with Gasteiger partial charge >= 0.3 is 0 Å². The van der Waals surface area contributed by atoms with Gasteiger partial charge < -0.3 is 5.32 Å². The Kier molecular flexibility index (Phi) is 4.71. The number of thiazole rings is 1. The van der Waals surface area contributed by atoms with Gasteiger partial charge in [0.2, 0.25) is 0 Å². The van der Waals surface area contributed by atoms with E-state index in [-0.39, 0.29) is 5.91 Å². The molecule has 0 atom stereocenters. The van der Waals surface area contributed by atoms with Gasteiger partial charge in [0.1, 0.15) is 12.1 Å². The van der Waals surface area contributed by atoms with Crippen molar-refractivity contribution in [2.45, 2.75) is 13.3 Å². The number of pyridine rings is 1. The SMILES string of the molecule is CCc1cc(Nc2nccc3nc(NC(=O)c4ccccc4)sc23)ncn1. The summed E-state index contributed by atoms with van der Waals surface area (Å²) in [5.74, 6) is 1.12. The predicted molar refractivity (Wildman–Crippen MR) is 107 cm³/mol. The van der Waals surface area contributed by atoms with E-state index in [4.69, 9.17) is 0 Å². The number of nitrogens with zero attached hydrogens (tertiary/aromatic N) is 4. The van der Waals surface area contributed by atoms with Gasteiger partial charge in [-0.25, -0.2) is 19.9 Å². The van der Waals surface area contributed by atoms with E-state index < -0.39 is 0 Å². The number of hydrogen-bond donors (Lipinski definition) is 2. The molecule has 0 spiro atoms. The molecule has 3 heterocycles. The fourth-order valence-corrected chi connectivity index (χ4v) is 3.44. The van der Waals surface area contributed by atoms with E-state index in [1.54, 1.807) is 18.3 Å². The number of carbonyl (C=O) groups is 1. The molecule has 4 aromatic rings. The first-order valence-corrected chi connectivity index (χ1v) is 9.24. The summed E-state index contributed by atoms with van der Waals surface area (Å²) in [5.41, 5.74) is 2.28. The molecule has 1 aromatic carbocycles. The fraction of sp³-hybridized carbons (Fsp3) is 0.105. The lowest BCUT2D eigenvalue weighted by molar-refractivity contribution is 0.102. The van der Waals surface area contributed by atoms with Crippen LogP contribution in [0.1, 0.15) is 23.0 Å². The second kappa shape index (κ2) is 7.46. The summed E-state index contributed by atoms with van der Waals surface area (Å²) in [6.45, 7) is 2.04. The summed E-state index contributed by atoms with van der Waals surface area (Å²) in [4.78, 5) is 29.7. The van der Waals surface area contributed by atoms with E-state index in [9.17, 15) is 4.79 Å². The highest BCUT2D eigenvalue weighted by Crippen LogP contribution is 2.32. The largest absolute Gasteiger partial charge is 0.324 e. The van der Waals surface area contributed by atoms with Crippen LogP contribution in [-0.2, 0) is 6.42 Å². The first-order chi connectivity index (χ1) is 13.2. The first-order valence-electron chi connectivity index (χ1n) is 8.43. The van der Waals surface area contributed by atoms with Crippen molar-refractivity contribution in [1.29, 1.82) is 0 Å². The smallest absolute Gasteiger partial charge is 0.257 e. The van der Waals surface area contributed by atoms with Gasteiger partial charge in [0.15, 0.2) is 10.9 Å². The molecule has 3 aromatic heterocycles. The quantitative estimate of drug-likeness (QED) is 0.546. The van der Waals surface area contributed by atoms with Crippen LogP contribution >= 0.6 is 11.3 Å². The number of benzene rings is 1. The third-order valence-corrected chi connectivity index (χ3v) is 4.89. The lowest BCUT2D eigenvalue weighted by Crippen LogP contribution is -2.11. The molecule has 4 rings (SSSR count). The van der Waals surface area contributed by atoms with E-state index >= 15 is 0 Å². The highest BCUT2D eigenvalue weighted by atomic mass is 32.1. The van der Waals surface area contributed by atoms with E-state index in [0.29, 0.717) is 22.3 Å². The summed E-state index contributed by atoms with van der Waals surface area (Å²) in [7, 11) is 0. The Morgan fingerprint density at radius 2 is 1.96 bits per heavy atom. The number of fused-ring (bicyclic) bond motifs is 1. The van der Waals surface area contributed by atoms with Crippen LogP contribution in [0, 0.1) is 0 Å². The van der Waals surface area contributed by atoms with Crippen molar-refractivity contribution in [1.82, 2.24) is 19.9 Å². The third-order valence-electron chi connectivity index (χ3n) is 3.89. The number of nitrogens with one attached hydrogen (secondary N) is 2. The topological polar surface area (TPSA) is 92.7 Å². The molecule has 0 unspecified atom stereocenters. The third kappa shape index (κ3) is 3.75. The van der Waals surface area contributed by atoms with Crippen LogP contribution in [-0.4, -0.2) is 25.8 Å². The molecule has 0 aliphatic carbocycles. The summed E-state index contributed by atoms with van der Waals surface area (Å²) < 4.78 is 0.845. The average molecular weight is 376 g/mol. The number of rotatable bonds is 5. The van der Waals surface area contributed by atoms with Gasteiger partial charge in [-0.15, -0.1) is 0 Å². The Morgan fingerprint density at radius 1 is 1.11 bits per heavy atom. The Bertz CT molecular complexity index is 1100. The monoisotopic (exact) mass is 376 g/mol. The van der Waals surface area contributed by atoms with Crippen molar-refractivity contribution in [2.75, 3.05) is 10.6 Å². The first kappa shape index (κ1) is 17.0. The summed E-state index contributed by atoms with van der Waals surface area (Å²) >= 11 is 1.36. The van der Waals surface area contributed by atoms with Crippen LogP contribution in [0.5, 0.6) is 0 Å². The molecule has 0 saturated heterocycles. The van der Waals surface area contributed by atoms with Crippen molar-refractivity contribution < 1.29 is 4.79 Å². The second-order valence-corrected chi connectivity index (χ2v) is 6.72. The molecular weight excluding hydrogens is 360 g/mol. The second-order valence-electron chi connectivity index (χ2n) is 5.72. The van der Waals surface area contributed by atoms with E-state index in [1.165, 1.54) is 17.7 Å². The van der Waals surface area contributed by atoms with Gasteiger partial charge in [0.25, 0.3) is 5.91 Å². The molecule has 8 heteroatoms. The Morgan fingerprint density at radius 3 is 2.78 bits per heavy atom. The van der Waals surface area contributed by atoms with E-state index in [0.717, 1.165) is 22.3 Å². The molecule has 0 aliphatic heterocycles. The number of aromatic nitrogens is 4. The maximum absolute atomic E-state index is 12.3. The Hall–Kier alpha value is -3.39. The number of hydrogen-bond acceptors (Lipinski definition) is 7. The number of anilines is 3. The fourth-order valence-electron chi connectivity index (χ4n) is 2.54. The number of carbonyl (C=O) groups excluding carboxylic acids is 1. The van der Waals surface area contributed by atoms with E-state index in [1.807, 2.05) is 37.3 Å². The molecule has 0 saturated carbocycles. The van der Waals surface area contributed by atoms with Crippen molar-refractivity contribution in [3.05, 3.63) is 66.2 Å². The Balaban J connectivity index is 1.61. The van der Waals surface area contributed by atoms with E-state index in [2.05, 4.69) is 30.6 Å². The molecule has 0 aliphatic rings. The molecule has 0 fully saturated rings. The normalized spacial score (nSPS) is 10.7. The van der Waals surface area contributed by atoms with Gasteiger partial charge in [-0.05, 0) is 24.6 Å². The van der Waals surface area contributed by atoms with Crippen LogP contribution in [0.2, 0.25) is 0 Å².